The molecule has 0 unspecified atom stereocenters. The molecule has 0 atom stereocenters. The maximum Gasteiger partial charge on any atom is 0.249 e. The number of imidazole rings is 1. The van der Waals surface area contributed by atoms with E-state index in [1.165, 1.54) is 0 Å². The lowest BCUT2D eigenvalue weighted by molar-refractivity contribution is 0.1000. The van der Waals surface area contributed by atoms with Crippen molar-refractivity contribution in [2.24, 2.45) is 5.73 Å². The second-order valence-corrected chi connectivity index (χ2v) is 4.33. The Morgan fingerprint density at radius 1 is 1.47 bits per heavy atom. The molecule has 0 radical (unpaired) electrons. The Morgan fingerprint density at radius 2 is 2.26 bits per heavy atom. The number of hydrogen-bond donors (Lipinski definition) is 2. The maximum absolute atomic E-state index is 11.3. The molecule has 0 aliphatic heterocycles. The molecule has 0 fully saturated rings. The van der Waals surface area contributed by atoms with E-state index in [2.05, 4.69) is 21.8 Å². The first kappa shape index (κ1) is 13.1. The fourth-order valence-electron chi connectivity index (χ4n) is 2.06. The van der Waals surface area contributed by atoms with Crippen molar-refractivity contribution in [3.05, 3.63) is 47.5 Å². The van der Waals surface area contributed by atoms with Gasteiger partial charge in [0.05, 0.1) is 6.54 Å². The van der Waals surface area contributed by atoms with Crippen LogP contribution in [-0.2, 0) is 13.1 Å². The van der Waals surface area contributed by atoms with Crippen molar-refractivity contribution in [1.82, 2.24) is 9.55 Å². The minimum Gasteiger partial charge on any atom is -0.378 e. The summed E-state index contributed by atoms with van der Waals surface area (Å²) < 4.78 is 2.07. The summed E-state index contributed by atoms with van der Waals surface area (Å²) in [5, 5.41) is 3.29. The highest BCUT2D eigenvalue weighted by Gasteiger charge is 2.09. The van der Waals surface area contributed by atoms with Gasteiger partial charge in [0, 0.05) is 30.2 Å². The van der Waals surface area contributed by atoms with Gasteiger partial charge in [-0.15, -0.1) is 0 Å². The summed E-state index contributed by atoms with van der Waals surface area (Å²) in [6, 6.07) is 5.48. The predicted molar refractivity (Wildman–Crippen MR) is 74.9 cm³/mol. The van der Waals surface area contributed by atoms with Crippen LogP contribution in [0.3, 0.4) is 0 Å². The highest BCUT2D eigenvalue weighted by atomic mass is 16.1. The Kier molecular flexibility index (Phi) is 3.85. The van der Waals surface area contributed by atoms with Crippen LogP contribution in [0, 0.1) is 6.92 Å². The van der Waals surface area contributed by atoms with Gasteiger partial charge in [0.1, 0.15) is 5.82 Å². The van der Waals surface area contributed by atoms with E-state index in [0.717, 1.165) is 23.6 Å². The molecule has 1 amide bonds. The molecule has 0 bridgehead atoms. The number of anilines is 1. The third-order valence-electron chi connectivity index (χ3n) is 3.18. The van der Waals surface area contributed by atoms with Crippen molar-refractivity contribution in [1.29, 1.82) is 0 Å². The van der Waals surface area contributed by atoms with E-state index >= 15 is 0 Å². The SMILES string of the molecule is CCn1ccnc1CNc1cccc(C(N)=O)c1C. The van der Waals surface area contributed by atoms with Gasteiger partial charge in [-0.25, -0.2) is 4.98 Å². The quantitative estimate of drug-likeness (QED) is 0.860. The Hall–Kier alpha value is -2.30. The minimum absolute atomic E-state index is 0.406. The van der Waals surface area contributed by atoms with Crippen LogP contribution in [0.4, 0.5) is 5.69 Å². The van der Waals surface area contributed by atoms with Crippen molar-refractivity contribution in [2.75, 3.05) is 5.32 Å². The number of carbonyl (C=O) groups is 1. The average molecular weight is 258 g/mol. The van der Waals surface area contributed by atoms with Crippen molar-refractivity contribution in [3.8, 4) is 0 Å². The Labute approximate surface area is 112 Å². The molecule has 1 aromatic heterocycles. The van der Waals surface area contributed by atoms with E-state index in [4.69, 9.17) is 5.73 Å². The lowest BCUT2D eigenvalue weighted by Gasteiger charge is -2.12. The highest BCUT2D eigenvalue weighted by molar-refractivity contribution is 5.95. The molecule has 2 rings (SSSR count). The second kappa shape index (κ2) is 5.56. The van der Waals surface area contributed by atoms with Gasteiger partial charge in [-0.05, 0) is 31.5 Å². The molecule has 0 aliphatic rings. The maximum atomic E-state index is 11.3. The standard InChI is InChI=1S/C14H18N4O/c1-3-18-8-7-16-13(18)9-17-12-6-4-5-11(10(12)2)14(15)19/h4-8,17H,3,9H2,1-2H3,(H2,15,19). The largest absolute Gasteiger partial charge is 0.378 e. The van der Waals surface area contributed by atoms with Gasteiger partial charge in [-0.1, -0.05) is 6.07 Å². The molecule has 0 saturated carbocycles. The Bertz CT molecular complexity index is 589. The highest BCUT2D eigenvalue weighted by Crippen LogP contribution is 2.19. The fraction of sp³-hybridized carbons (Fsp3) is 0.286. The Balaban J connectivity index is 2.16. The van der Waals surface area contributed by atoms with Crippen LogP contribution in [0.25, 0.3) is 0 Å². The smallest absolute Gasteiger partial charge is 0.249 e. The molecular formula is C14H18N4O. The van der Waals surface area contributed by atoms with Crippen molar-refractivity contribution in [3.63, 3.8) is 0 Å². The number of nitrogens with one attached hydrogen (secondary N) is 1. The van der Waals surface area contributed by atoms with E-state index in [-0.39, 0.29) is 0 Å². The first-order chi connectivity index (χ1) is 9.13. The van der Waals surface area contributed by atoms with Crippen LogP contribution in [0.15, 0.2) is 30.6 Å². The number of primary amides is 1. The van der Waals surface area contributed by atoms with Gasteiger partial charge in [0.25, 0.3) is 0 Å². The third-order valence-corrected chi connectivity index (χ3v) is 3.18. The van der Waals surface area contributed by atoms with Crippen LogP contribution in [-0.4, -0.2) is 15.5 Å². The Morgan fingerprint density at radius 3 is 2.95 bits per heavy atom. The van der Waals surface area contributed by atoms with Gasteiger partial charge in [0.15, 0.2) is 0 Å². The summed E-state index contributed by atoms with van der Waals surface area (Å²) in [7, 11) is 0. The summed E-state index contributed by atoms with van der Waals surface area (Å²) in [5.41, 5.74) is 7.65. The number of aromatic nitrogens is 2. The summed E-state index contributed by atoms with van der Waals surface area (Å²) in [4.78, 5) is 15.6. The summed E-state index contributed by atoms with van der Waals surface area (Å²) in [6.07, 6.45) is 3.73. The molecule has 19 heavy (non-hydrogen) atoms. The molecule has 0 aliphatic carbocycles. The van der Waals surface area contributed by atoms with Crippen molar-refractivity contribution in [2.45, 2.75) is 26.9 Å². The molecule has 1 aromatic carbocycles. The number of aryl methyl sites for hydroxylation is 1. The van der Waals surface area contributed by atoms with Crippen molar-refractivity contribution >= 4 is 11.6 Å². The number of nitrogens with two attached hydrogens (primary N) is 1. The number of carbonyl (C=O) groups excluding carboxylic acids is 1. The van der Waals surface area contributed by atoms with E-state index in [0.29, 0.717) is 12.1 Å². The van der Waals surface area contributed by atoms with Gasteiger partial charge in [0.2, 0.25) is 5.91 Å². The summed E-state index contributed by atoms with van der Waals surface area (Å²) in [6.45, 7) is 5.46. The first-order valence-electron chi connectivity index (χ1n) is 6.26. The monoisotopic (exact) mass is 258 g/mol. The van der Waals surface area contributed by atoms with Gasteiger partial charge < -0.3 is 15.6 Å². The van der Waals surface area contributed by atoms with E-state index in [1.807, 2.05) is 25.3 Å². The van der Waals surface area contributed by atoms with Gasteiger partial charge in [-0.2, -0.15) is 0 Å². The van der Waals surface area contributed by atoms with Crippen LogP contribution in [0.1, 0.15) is 28.7 Å². The molecule has 1 heterocycles. The summed E-state index contributed by atoms with van der Waals surface area (Å²) >= 11 is 0. The van der Waals surface area contributed by atoms with Gasteiger partial charge in [-0.3, -0.25) is 4.79 Å². The fourth-order valence-corrected chi connectivity index (χ4v) is 2.06. The van der Waals surface area contributed by atoms with Gasteiger partial charge >= 0.3 is 0 Å². The molecule has 0 spiro atoms. The first-order valence-corrected chi connectivity index (χ1v) is 6.26. The molecule has 100 valence electrons. The molecule has 5 nitrogen and oxygen atoms in total. The third kappa shape index (κ3) is 2.76. The van der Waals surface area contributed by atoms with E-state index in [9.17, 15) is 4.79 Å². The molecule has 2 aromatic rings. The zero-order valence-corrected chi connectivity index (χ0v) is 11.2. The lowest BCUT2D eigenvalue weighted by Crippen LogP contribution is -2.14. The lowest BCUT2D eigenvalue weighted by atomic mass is 10.1. The van der Waals surface area contributed by atoms with Crippen LogP contribution >= 0.6 is 0 Å². The van der Waals surface area contributed by atoms with Crippen LogP contribution < -0.4 is 11.1 Å². The topological polar surface area (TPSA) is 72.9 Å². The number of amides is 1. The molecule has 5 heteroatoms. The molecule has 3 N–H and O–H groups in total. The average Bonchev–Trinajstić information content (AvgIpc) is 2.84. The molecule has 0 saturated heterocycles. The number of nitrogens with zero attached hydrogens (tertiary/aromatic N) is 2. The second-order valence-electron chi connectivity index (χ2n) is 4.33. The predicted octanol–water partition coefficient (Wildman–Crippen LogP) is 1.92. The molecular weight excluding hydrogens is 240 g/mol. The minimum atomic E-state index is -0.406. The van der Waals surface area contributed by atoms with Crippen LogP contribution in [0.2, 0.25) is 0 Å². The van der Waals surface area contributed by atoms with Crippen molar-refractivity contribution < 1.29 is 4.79 Å². The van der Waals surface area contributed by atoms with E-state index in [1.54, 1.807) is 12.3 Å². The number of hydrogen-bond acceptors (Lipinski definition) is 3. The zero-order chi connectivity index (χ0) is 13.8. The number of rotatable bonds is 5. The van der Waals surface area contributed by atoms with Crippen LogP contribution in [0.5, 0.6) is 0 Å². The number of benzene rings is 1. The normalized spacial score (nSPS) is 10.4. The van der Waals surface area contributed by atoms with E-state index < -0.39 is 5.91 Å². The zero-order valence-electron chi connectivity index (χ0n) is 11.2. The summed E-state index contributed by atoms with van der Waals surface area (Å²) in [5.74, 6) is 0.558.